The summed E-state index contributed by atoms with van der Waals surface area (Å²) in [7, 11) is 1.67. The minimum absolute atomic E-state index is 0.0808. The van der Waals surface area contributed by atoms with Crippen molar-refractivity contribution in [3.05, 3.63) is 59.7 Å². The highest BCUT2D eigenvalue weighted by Crippen LogP contribution is 2.56. The number of ether oxygens (including phenoxy) is 1. The number of carbonyl (C=O) groups is 1. The van der Waals surface area contributed by atoms with E-state index in [0.717, 1.165) is 34.7 Å². The topological polar surface area (TPSA) is 50.4 Å². The normalized spacial score (nSPS) is 29.6. The van der Waals surface area contributed by atoms with Gasteiger partial charge in [0.1, 0.15) is 0 Å². The molecule has 0 radical (unpaired) electrons. The van der Waals surface area contributed by atoms with Crippen LogP contribution in [0.5, 0.6) is 0 Å². The molecule has 4 nitrogen and oxygen atoms in total. The van der Waals surface area contributed by atoms with E-state index in [0.29, 0.717) is 12.2 Å². The highest BCUT2D eigenvalue weighted by molar-refractivity contribution is 6.06. The first-order valence-electron chi connectivity index (χ1n) is 10.9. The maximum Gasteiger partial charge on any atom is 0.255 e. The van der Waals surface area contributed by atoms with Gasteiger partial charge >= 0.3 is 0 Å². The van der Waals surface area contributed by atoms with Crippen molar-refractivity contribution >= 4 is 17.3 Å². The van der Waals surface area contributed by atoms with Crippen LogP contribution in [0.4, 0.5) is 11.4 Å². The van der Waals surface area contributed by atoms with Gasteiger partial charge in [-0.25, -0.2) is 0 Å². The molecule has 0 heterocycles. The maximum atomic E-state index is 12.9. The number of amides is 1. The average molecular weight is 391 g/mol. The van der Waals surface area contributed by atoms with Gasteiger partial charge in [0.15, 0.2) is 0 Å². The van der Waals surface area contributed by atoms with Crippen molar-refractivity contribution in [2.45, 2.75) is 50.7 Å². The zero-order chi connectivity index (χ0) is 19.8. The first-order valence-corrected chi connectivity index (χ1v) is 10.9. The summed E-state index contributed by atoms with van der Waals surface area (Å²) in [6.07, 6.45) is 8.12. The van der Waals surface area contributed by atoms with Crippen molar-refractivity contribution in [1.29, 1.82) is 0 Å². The van der Waals surface area contributed by atoms with Crippen LogP contribution >= 0.6 is 0 Å². The first-order chi connectivity index (χ1) is 14.1. The summed E-state index contributed by atoms with van der Waals surface area (Å²) in [5.74, 6) is 2.58. The zero-order valence-electron chi connectivity index (χ0n) is 17.1. The molecule has 29 heavy (non-hydrogen) atoms. The van der Waals surface area contributed by atoms with Crippen molar-refractivity contribution < 1.29 is 9.53 Å². The van der Waals surface area contributed by atoms with Crippen molar-refractivity contribution in [3.8, 4) is 0 Å². The van der Waals surface area contributed by atoms with Gasteiger partial charge in [0, 0.05) is 18.2 Å². The number of rotatable bonds is 6. The lowest BCUT2D eigenvalue weighted by Gasteiger charge is -2.57. The van der Waals surface area contributed by atoms with Gasteiger partial charge in [0.05, 0.1) is 18.0 Å². The Hall–Kier alpha value is -2.33. The number of benzene rings is 2. The van der Waals surface area contributed by atoms with Gasteiger partial charge in [-0.15, -0.1) is 0 Å². The van der Waals surface area contributed by atoms with Crippen molar-refractivity contribution in [2.24, 2.45) is 17.8 Å². The molecule has 4 aliphatic rings. The van der Waals surface area contributed by atoms with Gasteiger partial charge in [-0.3, -0.25) is 4.79 Å². The van der Waals surface area contributed by atoms with Gasteiger partial charge in [0.2, 0.25) is 0 Å². The van der Waals surface area contributed by atoms with Crippen LogP contribution in [0.15, 0.2) is 48.5 Å². The molecule has 0 spiro atoms. The van der Waals surface area contributed by atoms with Gasteiger partial charge in [-0.2, -0.15) is 0 Å². The number of methoxy groups -OCH3 is 1. The number of carbonyl (C=O) groups excluding carboxylic acids is 1. The van der Waals surface area contributed by atoms with Gasteiger partial charge < -0.3 is 15.4 Å². The molecule has 152 valence electrons. The van der Waals surface area contributed by atoms with E-state index in [1.807, 2.05) is 36.4 Å². The van der Waals surface area contributed by atoms with Crippen molar-refractivity contribution in [3.63, 3.8) is 0 Å². The molecule has 1 amide bonds. The second kappa shape index (κ2) is 7.49. The van der Waals surface area contributed by atoms with E-state index in [1.165, 1.54) is 38.5 Å². The van der Waals surface area contributed by atoms with Crippen LogP contribution < -0.4 is 10.6 Å². The minimum atomic E-state index is -0.0808. The third-order valence-corrected chi connectivity index (χ3v) is 7.11. The largest absolute Gasteiger partial charge is 0.380 e. The molecular weight excluding hydrogens is 360 g/mol. The van der Waals surface area contributed by atoms with Crippen LogP contribution in [0.25, 0.3) is 0 Å². The Morgan fingerprint density at radius 2 is 1.62 bits per heavy atom. The zero-order valence-corrected chi connectivity index (χ0v) is 17.1. The molecule has 0 atom stereocenters. The number of hydrogen-bond donors (Lipinski definition) is 2. The summed E-state index contributed by atoms with van der Waals surface area (Å²) in [6, 6.07) is 15.8. The minimum Gasteiger partial charge on any atom is -0.380 e. The molecule has 6 rings (SSSR count). The number of hydrogen-bond acceptors (Lipinski definition) is 3. The lowest BCUT2D eigenvalue weighted by molar-refractivity contribution is 0.0107. The van der Waals surface area contributed by atoms with E-state index < -0.39 is 0 Å². The molecule has 0 aliphatic heterocycles. The Bertz CT molecular complexity index is 872. The summed E-state index contributed by atoms with van der Waals surface area (Å²) in [4.78, 5) is 12.9. The average Bonchev–Trinajstić information content (AvgIpc) is 2.69. The van der Waals surface area contributed by atoms with E-state index >= 15 is 0 Å². The molecular formula is C25H30N2O2. The third-order valence-electron chi connectivity index (χ3n) is 7.11. The Balaban J connectivity index is 1.35. The Kier molecular flexibility index (Phi) is 4.83. The lowest BCUT2D eigenvalue weighted by atomic mass is 9.53. The highest BCUT2D eigenvalue weighted by Gasteiger charge is 2.51. The summed E-state index contributed by atoms with van der Waals surface area (Å²) in [5.41, 5.74) is 3.79. The van der Waals surface area contributed by atoms with Crippen LogP contribution in [0.2, 0.25) is 0 Å². The number of anilines is 2. The number of nitrogens with one attached hydrogen (secondary N) is 2. The van der Waals surface area contributed by atoms with Gasteiger partial charge in [-0.05, 0) is 86.1 Å². The summed E-state index contributed by atoms with van der Waals surface area (Å²) >= 11 is 0. The Morgan fingerprint density at radius 3 is 2.28 bits per heavy atom. The highest BCUT2D eigenvalue weighted by atomic mass is 16.5. The molecule has 2 N–H and O–H groups in total. The van der Waals surface area contributed by atoms with E-state index in [2.05, 4.69) is 22.8 Å². The third kappa shape index (κ3) is 3.78. The molecule has 2 aromatic rings. The van der Waals surface area contributed by atoms with Crippen LogP contribution in [-0.2, 0) is 11.3 Å². The summed E-state index contributed by atoms with van der Waals surface area (Å²) in [6.45, 7) is 0.505. The molecule has 0 unspecified atom stereocenters. The standard InChI is InChI=1S/C25H30N2O2/c1-29-16-17-5-4-6-21(12-17)24(28)26-22-7-2-3-8-23(22)27-25-13-18-9-19(14-25)11-20(10-18)15-25/h2-8,12,18-20,27H,9-11,13-16H2,1H3,(H,26,28). The molecule has 0 aromatic heterocycles. The van der Waals surface area contributed by atoms with E-state index in [1.54, 1.807) is 7.11 Å². The van der Waals surface area contributed by atoms with Crippen LogP contribution in [0, 0.1) is 17.8 Å². The van der Waals surface area contributed by atoms with Gasteiger partial charge in [-0.1, -0.05) is 24.3 Å². The smallest absolute Gasteiger partial charge is 0.255 e. The Labute approximate surface area is 173 Å². The molecule has 2 aromatic carbocycles. The molecule has 4 aliphatic carbocycles. The van der Waals surface area contributed by atoms with Gasteiger partial charge in [0.25, 0.3) is 5.91 Å². The molecule has 0 saturated heterocycles. The van der Waals surface area contributed by atoms with E-state index in [4.69, 9.17) is 4.74 Å². The molecule has 4 bridgehead atoms. The fraction of sp³-hybridized carbons (Fsp3) is 0.480. The second-order valence-electron chi connectivity index (χ2n) is 9.46. The molecule has 4 saturated carbocycles. The van der Waals surface area contributed by atoms with Crippen molar-refractivity contribution in [1.82, 2.24) is 0 Å². The fourth-order valence-electron chi connectivity index (χ4n) is 6.41. The molecule has 4 fully saturated rings. The molecule has 4 heteroatoms. The monoisotopic (exact) mass is 390 g/mol. The lowest BCUT2D eigenvalue weighted by Crippen LogP contribution is -2.54. The predicted octanol–water partition coefficient (Wildman–Crippen LogP) is 5.47. The van der Waals surface area contributed by atoms with Crippen LogP contribution in [0.1, 0.15) is 54.4 Å². The predicted molar refractivity (Wildman–Crippen MR) is 116 cm³/mol. The second-order valence-corrected chi connectivity index (χ2v) is 9.46. The summed E-state index contributed by atoms with van der Waals surface area (Å²) in [5, 5.41) is 7.05. The van der Waals surface area contributed by atoms with E-state index in [9.17, 15) is 4.79 Å². The van der Waals surface area contributed by atoms with Crippen molar-refractivity contribution in [2.75, 3.05) is 17.7 Å². The fourth-order valence-corrected chi connectivity index (χ4v) is 6.41. The van der Waals surface area contributed by atoms with Crippen LogP contribution in [-0.4, -0.2) is 18.6 Å². The van der Waals surface area contributed by atoms with Crippen LogP contribution in [0.3, 0.4) is 0 Å². The SMILES string of the molecule is COCc1cccc(C(=O)Nc2ccccc2NC23CC4CC(CC(C4)C2)C3)c1. The number of para-hydroxylation sites is 2. The maximum absolute atomic E-state index is 12.9. The van der Waals surface area contributed by atoms with E-state index in [-0.39, 0.29) is 11.4 Å². The quantitative estimate of drug-likeness (QED) is 0.688. The first kappa shape index (κ1) is 18.7. The Morgan fingerprint density at radius 1 is 0.966 bits per heavy atom. The summed E-state index contributed by atoms with van der Waals surface area (Å²) < 4.78 is 5.19.